The average Bonchev–Trinajstić information content (AvgIpc) is 2.55. The quantitative estimate of drug-likeness (QED) is 0.406. The van der Waals surface area contributed by atoms with Crippen molar-refractivity contribution in [2.45, 2.75) is 26.2 Å². The molecule has 0 saturated carbocycles. The highest BCUT2D eigenvalue weighted by molar-refractivity contribution is 14.0. The fourth-order valence-corrected chi connectivity index (χ4v) is 2.40. The maximum atomic E-state index is 12.6. The highest BCUT2D eigenvalue weighted by Gasteiger charge is 2.29. The van der Waals surface area contributed by atoms with E-state index in [1.54, 1.807) is 7.05 Å². The van der Waals surface area contributed by atoms with Gasteiger partial charge in [-0.05, 0) is 36.8 Å². The minimum absolute atomic E-state index is 0. The average molecular weight is 478 g/mol. The van der Waals surface area contributed by atoms with E-state index >= 15 is 0 Å². The number of alkyl halides is 3. The van der Waals surface area contributed by atoms with Crippen molar-refractivity contribution in [3.8, 4) is 0 Å². The van der Waals surface area contributed by atoms with Gasteiger partial charge in [0.2, 0.25) is 0 Å². The van der Waals surface area contributed by atoms with Gasteiger partial charge >= 0.3 is 6.18 Å². The third-order valence-electron chi connectivity index (χ3n) is 3.65. The second kappa shape index (κ2) is 9.75. The van der Waals surface area contributed by atoms with Gasteiger partial charge in [-0.15, -0.1) is 24.0 Å². The van der Waals surface area contributed by atoms with Crippen molar-refractivity contribution in [3.05, 3.63) is 65.0 Å². The normalized spacial score (nSPS) is 11.7. The summed E-state index contributed by atoms with van der Waals surface area (Å²) < 4.78 is 37.8. The highest BCUT2D eigenvalue weighted by Crippen LogP contribution is 2.29. The molecule has 0 bridgehead atoms. The lowest BCUT2D eigenvalue weighted by Crippen LogP contribution is -2.38. The van der Waals surface area contributed by atoms with Crippen LogP contribution in [0, 0.1) is 6.92 Å². The summed E-state index contributed by atoms with van der Waals surface area (Å²) in [6, 6.07) is 10.9. The molecule has 1 heterocycles. The van der Waals surface area contributed by atoms with Crippen LogP contribution in [0.1, 0.15) is 22.5 Å². The fourth-order valence-electron chi connectivity index (χ4n) is 2.40. The van der Waals surface area contributed by atoms with E-state index in [-0.39, 0.29) is 24.0 Å². The molecule has 0 aliphatic carbocycles. The zero-order chi connectivity index (χ0) is 18.4. The van der Waals surface area contributed by atoms with Crippen molar-refractivity contribution in [2.24, 2.45) is 4.99 Å². The van der Waals surface area contributed by atoms with Gasteiger partial charge in [-0.2, -0.15) is 13.2 Å². The highest BCUT2D eigenvalue weighted by atomic mass is 127. The summed E-state index contributed by atoms with van der Waals surface area (Å²) in [5.41, 5.74) is 1.95. The minimum Gasteiger partial charge on any atom is -0.351 e. The first-order valence-electron chi connectivity index (χ1n) is 7.80. The van der Waals surface area contributed by atoms with Crippen LogP contribution in [0.3, 0.4) is 0 Å². The Morgan fingerprint density at radius 3 is 2.35 bits per heavy atom. The summed E-state index contributed by atoms with van der Waals surface area (Å²) in [7, 11) is 3.49. The molecule has 2 rings (SSSR count). The Morgan fingerprint density at radius 1 is 1.15 bits per heavy atom. The van der Waals surface area contributed by atoms with Crippen molar-refractivity contribution in [3.63, 3.8) is 0 Å². The molecule has 0 radical (unpaired) electrons. The summed E-state index contributed by atoms with van der Waals surface area (Å²) in [5, 5.41) is 3.20. The first kappa shape index (κ1) is 22.2. The van der Waals surface area contributed by atoms with Gasteiger partial charge in [-0.1, -0.05) is 18.2 Å². The lowest BCUT2D eigenvalue weighted by molar-refractivity contribution is -0.137. The summed E-state index contributed by atoms with van der Waals surface area (Å²) >= 11 is 0. The fraction of sp³-hybridized carbons (Fsp3) is 0.333. The van der Waals surface area contributed by atoms with Gasteiger partial charge in [0.05, 0.1) is 17.8 Å². The Bertz CT molecular complexity index is 730. The Balaban J connectivity index is 0.00000338. The summed E-state index contributed by atoms with van der Waals surface area (Å²) in [5.74, 6) is 0.642. The zero-order valence-corrected chi connectivity index (χ0v) is 17.2. The van der Waals surface area contributed by atoms with Gasteiger partial charge in [0, 0.05) is 26.3 Å². The van der Waals surface area contributed by atoms with Crippen molar-refractivity contribution in [1.82, 2.24) is 15.2 Å². The van der Waals surface area contributed by atoms with E-state index in [4.69, 9.17) is 0 Å². The number of aromatic nitrogens is 1. The van der Waals surface area contributed by atoms with Crippen LogP contribution in [-0.2, 0) is 19.3 Å². The van der Waals surface area contributed by atoms with Gasteiger partial charge in [0.25, 0.3) is 0 Å². The largest absolute Gasteiger partial charge is 0.416 e. The molecule has 0 unspecified atom stereocenters. The van der Waals surface area contributed by atoms with E-state index < -0.39 is 11.7 Å². The van der Waals surface area contributed by atoms with Crippen LogP contribution >= 0.6 is 24.0 Å². The molecule has 142 valence electrons. The van der Waals surface area contributed by atoms with Crippen LogP contribution in [-0.4, -0.2) is 29.9 Å². The van der Waals surface area contributed by atoms with Gasteiger partial charge in [-0.3, -0.25) is 9.98 Å². The number of aryl methyl sites for hydroxylation is 1. The lowest BCUT2D eigenvalue weighted by Gasteiger charge is -2.22. The number of benzene rings is 1. The molecule has 8 heteroatoms. The number of hydrogen-bond donors (Lipinski definition) is 1. The van der Waals surface area contributed by atoms with Crippen molar-refractivity contribution in [2.75, 3.05) is 14.1 Å². The predicted molar refractivity (Wildman–Crippen MR) is 107 cm³/mol. The van der Waals surface area contributed by atoms with Gasteiger partial charge < -0.3 is 10.2 Å². The summed E-state index contributed by atoms with van der Waals surface area (Å²) in [6.07, 6.45) is -4.32. The molecule has 0 atom stereocenters. The van der Waals surface area contributed by atoms with Crippen LogP contribution in [0.15, 0.2) is 47.5 Å². The SMILES string of the molecule is CN=C(NCc1cccc(C)n1)N(C)Cc1ccc(C(F)(F)F)cc1.I. The van der Waals surface area contributed by atoms with Gasteiger partial charge in [0.1, 0.15) is 0 Å². The van der Waals surface area contributed by atoms with Crippen molar-refractivity contribution in [1.29, 1.82) is 0 Å². The lowest BCUT2D eigenvalue weighted by atomic mass is 10.1. The van der Waals surface area contributed by atoms with Gasteiger partial charge in [-0.25, -0.2) is 0 Å². The number of guanidine groups is 1. The molecule has 0 saturated heterocycles. The summed E-state index contributed by atoms with van der Waals surface area (Å²) in [4.78, 5) is 10.5. The maximum absolute atomic E-state index is 12.6. The maximum Gasteiger partial charge on any atom is 0.416 e. The molecule has 2 aromatic rings. The molecular weight excluding hydrogens is 456 g/mol. The van der Waals surface area contributed by atoms with Crippen molar-refractivity contribution < 1.29 is 13.2 Å². The molecule has 1 N–H and O–H groups in total. The molecule has 1 aromatic heterocycles. The standard InChI is InChI=1S/C18H21F3N4.HI/c1-13-5-4-6-16(24-13)11-23-17(22-2)25(3)12-14-7-9-15(10-8-14)18(19,20)21;/h4-10H,11-12H2,1-3H3,(H,22,23);1H. The minimum atomic E-state index is -4.32. The number of halogens is 4. The van der Waals surface area contributed by atoms with E-state index in [9.17, 15) is 13.2 Å². The molecular formula is C18H22F3IN4. The third kappa shape index (κ3) is 6.47. The smallest absolute Gasteiger partial charge is 0.351 e. The first-order valence-corrected chi connectivity index (χ1v) is 7.80. The van der Waals surface area contributed by atoms with Gasteiger partial charge in [0.15, 0.2) is 5.96 Å². The number of rotatable bonds is 4. The molecule has 0 amide bonds. The molecule has 26 heavy (non-hydrogen) atoms. The topological polar surface area (TPSA) is 40.5 Å². The van der Waals surface area contributed by atoms with Crippen LogP contribution < -0.4 is 5.32 Å². The van der Waals surface area contributed by atoms with Crippen LogP contribution in [0.4, 0.5) is 13.2 Å². The Labute approximate surface area is 168 Å². The number of pyridine rings is 1. The van der Waals surface area contributed by atoms with E-state index in [0.717, 1.165) is 29.1 Å². The molecule has 0 aliphatic heterocycles. The number of nitrogens with zero attached hydrogens (tertiary/aromatic N) is 3. The molecule has 0 fully saturated rings. The van der Waals surface area contributed by atoms with E-state index in [1.807, 2.05) is 37.1 Å². The van der Waals surface area contributed by atoms with Crippen molar-refractivity contribution >= 4 is 29.9 Å². The molecule has 1 aromatic carbocycles. The first-order chi connectivity index (χ1) is 11.8. The molecule has 4 nitrogen and oxygen atoms in total. The molecule has 0 aliphatic rings. The van der Waals surface area contributed by atoms with E-state index in [0.29, 0.717) is 19.0 Å². The second-order valence-electron chi connectivity index (χ2n) is 5.72. The Kier molecular flexibility index (Phi) is 8.32. The van der Waals surface area contributed by atoms with Crippen LogP contribution in [0.25, 0.3) is 0 Å². The van der Waals surface area contributed by atoms with Crippen LogP contribution in [0.2, 0.25) is 0 Å². The number of hydrogen-bond acceptors (Lipinski definition) is 2. The number of aliphatic imine (C=N–C) groups is 1. The molecule has 0 spiro atoms. The zero-order valence-electron chi connectivity index (χ0n) is 14.8. The third-order valence-corrected chi connectivity index (χ3v) is 3.65. The number of nitrogens with one attached hydrogen (secondary N) is 1. The Morgan fingerprint density at radius 2 is 1.81 bits per heavy atom. The monoisotopic (exact) mass is 478 g/mol. The second-order valence-corrected chi connectivity index (χ2v) is 5.72. The van der Waals surface area contributed by atoms with Crippen LogP contribution in [0.5, 0.6) is 0 Å². The summed E-state index contributed by atoms with van der Waals surface area (Å²) in [6.45, 7) is 2.89. The van der Waals surface area contributed by atoms with E-state index in [1.165, 1.54) is 12.1 Å². The predicted octanol–water partition coefficient (Wildman–Crippen LogP) is 4.23. The Hall–Kier alpha value is -1.84. The van der Waals surface area contributed by atoms with E-state index in [2.05, 4.69) is 15.3 Å².